The number of nitrogens with one attached hydrogen (secondary N) is 1. The highest BCUT2D eigenvalue weighted by atomic mass is 16.5. The SMILES string of the molecule is CNc1cc2c(cn1)c(-c1cnn(C)c1)nn2C1CCC(Oc2ccn(C)c(=O)c2)CC1. The molecule has 1 N–H and O–H groups in total. The molecule has 0 spiro atoms. The molecule has 0 radical (unpaired) electrons. The molecule has 32 heavy (non-hydrogen) atoms. The Hall–Kier alpha value is -3.62. The standard InChI is InChI=1S/C23H27N7O2/c1-24-21-11-20-19(13-25-21)23(15-12-26-29(3)14-15)27-30(20)16-4-6-17(7-5-16)32-18-8-9-28(2)22(31)10-18/h8-14,16-17H,4-7H2,1-3H3,(H,24,25). The van der Waals surface area contributed by atoms with E-state index in [4.69, 9.17) is 9.84 Å². The highest BCUT2D eigenvalue weighted by Crippen LogP contribution is 2.36. The van der Waals surface area contributed by atoms with Gasteiger partial charge in [-0.3, -0.25) is 14.2 Å². The number of aromatic nitrogens is 6. The Kier molecular flexibility index (Phi) is 5.16. The van der Waals surface area contributed by atoms with Crippen LogP contribution in [0.3, 0.4) is 0 Å². The maximum atomic E-state index is 11.9. The molecule has 9 heteroatoms. The second-order valence-corrected chi connectivity index (χ2v) is 8.39. The lowest BCUT2D eigenvalue weighted by Gasteiger charge is -2.29. The average Bonchev–Trinajstić information content (AvgIpc) is 3.40. The van der Waals surface area contributed by atoms with Crippen LogP contribution in [-0.4, -0.2) is 42.3 Å². The van der Waals surface area contributed by atoms with Gasteiger partial charge >= 0.3 is 0 Å². The zero-order chi connectivity index (χ0) is 22.2. The fourth-order valence-electron chi connectivity index (χ4n) is 4.41. The summed E-state index contributed by atoms with van der Waals surface area (Å²) in [5.41, 5.74) is 2.90. The fourth-order valence-corrected chi connectivity index (χ4v) is 4.41. The van der Waals surface area contributed by atoms with Gasteiger partial charge in [0.25, 0.3) is 5.56 Å². The molecule has 0 saturated heterocycles. The van der Waals surface area contributed by atoms with Crippen LogP contribution in [0.15, 0.2) is 47.8 Å². The third-order valence-corrected chi connectivity index (χ3v) is 6.19. The number of anilines is 1. The number of hydrogen-bond acceptors (Lipinski definition) is 6. The first kappa shape index (κ1) is 20.3. The topological polar surface area (TPSA) is 91.8 Å². The van der Waals surface area contributed by atoms with Crippen molar-refractivity contribution in [2.75, 3.05) is 12.4 Å². The van der Waals surface area contributed by atoms with Crippen molar-refractivity contribution < 1.29 is 4.74 Å². The first-order chi connectivity index (χ1) is 15.5. The summed E-state index contributed by atoms with van der Waals surface area (Å²) in [7, 11) is 5.51. The summed E-state index contributed by atoms with van der Waals surface area (Å²) in [6, 6.07) is 5.74. The molecule has 0 aromatic carbocycles. The van der Waals surface area contributed by atoms with Gasteiger partial charge < -0.3 is 14.6 Å². The number of aryl methyl sites for hydroxylation is 2. The van der Waals surface area contributed by atoms with E-state index >= 15 is 0 Å². The predicted octanol–water partition coefficient (Wildman–Crippen LogP) is 3.13. The molecule has 0 bridgehead atoms. The van der Waals surface area contributed by atoms with Gasteiger partial charge in [-0.1, -0.05) is 0 Å². The third kappa shape index (κ3) is 3.74. The van der Waals surface area contributed by atoms with Crippen molar-refractivity contribution in [2.24, 2.45) is 14.1 Å². The van der Waals surface area contributed by atoms with Gasteiger partial charge in [0.1, 0.15) is 17.3 Å². The van der Waals surface area contributed by atoms with Crippen molar-refractivity contribution in [3.05, 3.63) is 53.3 Å². The molecule has 1 aliphatic rings. The molecule has 4 aromatic rings. The van der Waals surface area contributed by atoms with Crippen LogP contribution in [0, 0.1) is 0 Å². The summed E-state index contributed by atoms with van der Waals surface area (Å²) in [5, 5.41) is 13.5. The van der Waals surface area contributed by atoms with Gasteiger partial charge in [-0.2, -0.15) is 10.2 Å². The monoisotopic (exact) mass is 433 g/mol. The second kappa shape index (κ2) is 8.14. The van der Waals surface area contributed by atoms with E-state index in [1.165, 1.54) is 0 Å². The molecule has 0 atom stereocenters. The lowest BCUT2D eigenvalue weighted by molar-refractivity contribution is 0.130. The van der Waals surface area contributed by atoms with E-state index < -0.39 is 0 Å². The van der Waals surface area contributed by atoms with E-state index in [-0.39, 0.29) is 17.7 Å². The van der Waals surface area contributed by atoms with E-state index in [1.54, 1.807) is 28.6 Å². The molecule has 5 rings (SSSR count). The quantitative estimate of drug-likeness (QED) is 0.520. The number of rotatable bonds is 5. The Morgan fingerprint density at radius 2 is 1.94 bits per heavy atom. The van der Waals surface area contributed by atoms with Crippen LogP contribution in [0.5, 0.6) is 5.75 Å². The van der Waals surface area contributed by atoms with Crippen LogP contribution >= 0.6 is 0 Å². The van der Waals surface area contributed by atoms with E-state index in [0.717, 1.165) is 53.7 Å². The smallest absolute Gasteiger partial charge is 0.253 e. The Morgan fingerprint density at radius 1 is 1.12 bits per heavy atom. The van der Waals surface area contributed by atoms with E-state index in [1.807, 2.05) is 38.8 Å². The molecule has 4 heterocycles. The highest BCUT2D eigenvalue weighted by molar-refractivity contribution is 5.93. The molecule has 0 amide bonds. The molecule has 1 saturated carbocycles. The second-order valence-electron chi connectivity index (χ2n) is 8.39. The van der Waals surface area contributed by atoms with Crippen molar-refractivity contribution in [3.8, 4) is 17.0 Å². The average molecular weight is 434 g/mol. The molecule has 9 nitrogen and oxygen atoms in total. The molecule has 0 unspecified atom stereocenters. The Morgan fingerprint density at radius 3 is 2.62 bits per heavy atom. The van der Waals surface area contributed by atoms with E-state index in [2.05, 4.69) is 26.1 Å². The number of nitrogens with zero attached hydrogens (tertiary/aromatic N) is 6. The summed E-state index contributed by atoms with van der Waals surface area (Å²) in [6.45, 7) is 0. The van der Waals surface area contributed by atoms with Crippen LogP contribution in [0.2, 0.25) is 0 Å². The fraction of sp³-hybridized carbons (Fsp3) is 0.391. The number of hydrogen-bond donors (Lipinski definition) is 1. The number of ether oxygens (including phenoxy) is 1. The summed E-state index contributed by atoms with van der Waals surface area (Å²) in [6.07, 6.45) is 11.3. The highest BCUT2D eigenvalue weighted by Gasteiger charge is 2.27. The van der Waals surface area contributed by atoms with Crippen molar-refractivity contribution in [3.63, 3.8) is 0 Å². The minimum absolute atomic E-state index is 0.0592. The molecular weight excluding hydrogens is 406 g/mol. The largest absolute Gasteiger partial charge is 0.490 e. The summed E-state index contributed by atoms with van der Waals surface area (Å²) < 4.78 is 11.6. The van der Waals surface area contributed by atoms with Gasteiger partial charge in [-0.05, 0) is 31.7 Å². The van der Waals surface area contributed by atoms with Crippen molar-refractivity contribution >= 4 is 16.7 Å². The van der Waals surface area contributed by atoms with Crippen LogP contribution in [0.4, 0.5) is 5.82 Å². The van der Waals surface area contributed by atoms with Gasteiger partial charge in [-0.25, -0.2) is 4.98 Å². The van der Waals surface area contributed by atoms with Crippen LogP contribution < -0.4 is 15.6 Å². The normalized spacial score (nSPS) is 18.7. The summed E-state index contributed by atoms with van der Waals surface area (Å²) in [4.78, 5) is 16.4. The van der Waals surface area contributed by atoms with Crippen LogP contribution in [-0.2, 0) is 14.1 Å². The summed E-state index contributed by atoms with van der Waals surface area (Å²) >= 11 is 0. The minimum atomic E-state index is -0.0592. The van der Waals surface area contributed by atoms with Gasteiger partial charge in [0.15, 0.2) is 0 Å². The molecule has 166 valence electrons. The van der Waals surface area contributed by atoms with Crippen molar-refractivity contribution in [1.29, 1.82) is 0 Å². The first-order valence-electron chi connectivity index (χ1n) is 10.9. The Labute approximate surface area is 185 Å². The zero-order valence-corrected chi connectivity index (χ0v) is 18.5. The summed E-state index contributed by atoms with van der Waals surface area (Å²) in [5.74, 6) is 1.46. The van der Waals surface area contributed by atoms with Gasteiger partial charge in [0.2, 0.25) is 0 Å². The Balaban J connectivity index is 1.40. The van der Waals surface area contributed by atoms with E-state index in [0.29, 0.717) is 5.75 Å². The van der Waals surface area contributed by atoms with E-state index in [9.17, 15) is 4.79 Å². The zero-order valence-electron chi connectivity index (χ0n) is 18.5. The molecule has 1 fully saturated rings. The third-order valence-electron chi connectivity index (χ3n) is 6.19. The number of pyridine rings is 2. The molecular formula is C23H27N7O2. The first-order valence-corrected chi connectivity index (χ1v) is 10.9. The number of fused-ring (bicyclic) bond motifs is 1. The maximum Gasteiger partial charge on any atom is 0.253 e. The van der Waals surface area contributed by atoms with Crippen molar-refractivity contribution in [2.45, 2.75) is 37.8 Å². The lowest BCUT2D eigenvalue weighted by atomic mass is 9.93. The van der Waals surface area contributed by atoms with Gasteiger partial charge in [0, 0.05) is 62.8 Å². The minimum Gasteiger partial charge on any atom is -0.490 e. The molecule has 4 aromatic heterocycles. The van der Waals surface area contributed by atoms with Gasteiger partial charge in [0.05, 0.1) is 23.9 Å². The predicted molar refractivity (Wildman–Crippen MR) is 123 cm³/mol. The maximum absolute atomic E-state index is 11.9. The van der Waals surface area contributed by atoms with Gasteiger partial charge in [-0.15, -0.1) is 0 Å². The Bertz CT molecular complexity index is 1310. The molecule has 0 aliphatic heterocycles. The van der Waals surface area contributed by atoms with Crippen molar-refractivity contribution in [1.82, 2.24) is 29.1 Å². The lowest BCUT2D eigenvalue weighted by Crippen LogP contribution is -2.27. The van der Waals surface area contributed by atoms with Crippen LogP contribution in [0.25, 0.3) is 22.2 Å². The van der Waals surface area contributed by atoms with Crippen LogP contribution in [0.1, 0.15) is 31.7 Å². The molecule has 1 aliphatic carbocycles.